The molecule has 0 fully saturated rings. The lowest BCUT2D eigenvalue weighted by molar-refractivity contribution is -0.143. The number of aryl methyl sites for hydroxylation is 1. The van der Waals surface area contributed by atoms with Crippen LogP contribution in [0.4, 0.5) is 0 Å². The van der Waals surface area contributed by atoms with E-state index in [1.807, 2.05) is 26.0 Å². The van der Waals surface area contributed by atoms with Gasteiger partial charge >= 0.3 is 0 Å². The van der Waals surface area contributed by atoms with Crippen molar-refractivity contribution in [2.75, 3.05) is 13.2 Å². The van der Waals surface area contributed by atoms with Crippen LogP contribution in [0, 0.1) is 6.92 Å². The number of amides is 2. The maximum atomic E-state index is 13.1. The van der Waals surface area contributed by atoms with E-state index >= 15 is 0 Å². The van der Waals surface area contributed by atoms with Crippen LogP contribution < -0.4 is 10.1 Å². The minimum absolute atomic E-state index is 0.152. The molecule has 7 heteroatoms. The Morgan fingerprint density at radius 2 is 1.81 bits per heavy atom. The molecule has 5 nitrogen and oxygen atoms in total. The van der Waals surface area contributed by atoms with Crippen LogP contribution in [0.2, 0.25) is 10.0 Å². The van der Waals surface area contributed by atoms with E-state index in [0.29, 0.717) is 35.3 Å². The summed E-state index contributed by atoms with van der Waals surface area (Å²) in [5, 5.41) is 4.20. The number of ether oxygens (including phenoxy) is 1. The molecule has 31 heavy (non-hydrogen) atoms. The van der Waals surface area contributed by atoms with Crippen molar-refractivity contribution in [1.29, 1.82) is 0 Å². The molecular formula is C24H30Cl2N2O3. The molecule has 168 valence electrons. The third-order valence-electron chi connectivity index (χ3n) is 4.97. The standard InChI is InChI=1S/C24H30Cl2N2O3/c1-4-6-13-27-24(30)22(5-2)28(15-18-7-9-19(25)10-8-18)23(29)16-31-20-11-12-21(26)17(3)14-20/h7-12,14,22H,4-6,13,15-16H2,1-3H3,(H,27,30)/t22-/m0/s1. The van der Waals surface area contributed by atoms with Crippen molar-refractivity contribution in [3.05, 3.63) is 63.6 Å². The van der Waals surface area contributed by atoms with Gasteiger partial charge in [0.25, 0.3) is 5.91 Å². The van der Waals surface area contributed by atoms with Crippen molar-refractivity contribution in [2.24, 2.45) is 0 Å². The number of rotatable bonds is 11. The molecule has 0 aromatic heterocycles. The zero-order chi connectivity index (χ0) is 22.8. The van der Waals surface area contributed by atoms with E-state index in [4.69, 9.17) is 27.9 Å². The molecule has 1 atom stereocenters. The zero-order valence-electron chi connectivity index (χ0n) is 18.3. The Balaban J connectivity index is 2.17. The lowest BCUT2D eigenvalue weighted by Gasteiger charge is -2.30. The zero-order valence-corrected chi connectivity index (χ0v) is 19.8. The summed E-state index contributed by atoms with van der Waals surface area (Å²) in [6.07, 6.45) is 2.38. The summed E-state index contributed by atoms with van der Waals surface area (Å²) >= 11 is 12.0. The molecule has 0 unspecified atom stereocenters. The first-order valence-electron chi connectivity index (χ1n) is 10.6. The van der Waals surface area contributed by atoms with Crippen LogP contribution in [0.25, 0.3) is 0 Å². The molecule has 0 spiro atoms. The van der Waals surface area contributed by atoms with Gasteiger partial charge in [0.1, 0.15) is 11.8 Å². The lowest BCUT2D eigenvalue weighted by atomic mass is 10.1. The Bertz CT molecular complexity index is 872. The average molecular weight is 465 g/mol. The van der Waals surface area contributed by atoms with Gasteiger partial charge in [0.05, 0.1) is 0 Å². The van der Waals surface area contributed by atoms with Crippen molar-refractivity contribution in [3.63, 3.8) is 0 Å². The van der Waals surface area contributed by atoms with Gasteiger partial charge in [-0.1, -0.05) is 55.6 Å². The van der Waals surface area contributed by atoms with Gasteiger partial charge in [0.2, 0.25) is 5.91 Å². The molecule has 2 amide bonds. The van der Waals surface area contributed by atoms with Crippen molar-refractivity contribution >= 4 is 35.0 Å². The molecule has 0 bridgehead atoms. The van der Waals surface area contributed by atoms with Gasteiger partial charge in [-0.2, -0.15) is 0 Å². The third-order valence-corrected chi connectivity index (χ3v) is 5.65. The number of carbonyl (C=O) groups is 2. The predicted molar refractivity (Wildman–Crippen MR) is 126 cm³/mol. The number of nitrogens with zero attached hydrogens (tertiary/aromatic N) is 1. The first-order chi connectivity index (χ1) is 14.8. The molecule has 2 rings (SSSR count). The highest BCUT2D eigenvalue weighted by atomic mass is 35.5. The average Bonchev–Trinajstić information content (AvgIpc) is 2.75. The Labute approximate surface area is 194 Å². The second kappa shape index (κ2) is 12.6. The van der Waals surface area contributed by atoms with E-state index in [2.05, 4.69) is 12.2 Å². The molecule has 1 N–H and O–H groups in total. The second-order valence-electron chi connectivity index (χ2n) is 7.42. The molecule has 2 aromatic rings. The van der Waals surface area contributed by atoms with Gasteiger partial charge in [-0.05, 0) is 61.2 Å². The highest BCUT2D eigenvalue weighted by Crippen LogP contribution is 2.21. The number of carbonyl (C=O) groups excluding carboxylic acids is 2. The van der Waals surface area contributed by atoms with E-state index in [-0.39, 0.29) is 18.4 Å². The van der Waals surface area contributed by atoms with Crippen LogP contribution in [0.15, 0.2) is 42.5 Å². The van der Waals surface area contributed by atoms with Gasteiger partial charge in [-0.15, -0.1) is 0 Å². The molecule has 0 heterocycles. The van der Waals surface area contributed by atoms with Crippen molar-refractivity contribution in [3.8, 4) is 5.75 Å². The molecule has 0 aliphatic rings. The molecule has 0 saturated heterocycles. The van der Waals surface area contributed by atoms with E-state index in [1.165, 1.54) is 0 Å². The van der Waals surface area contributed by atoms with E-state index in [0.717, 1.165) is 24.0 Å². The van der Waals surface area contributed by atoms with Crippen LogP contribution in [-0.2, 0) is 16.1 Å². The Morgan fingerprint density at radius 3 is 2.42 bits per heavy atom. The van der Waals surface area contributed by atoms with Gasteiger partial charge in [-0.25, -0.2) is 0 Å². The Kier molecular flexibility index (Phi) is 10.2. The van der Waals surface area contributed by atoms with Gasteiger partial charge in [0, 0.05) is 23.1 Å². The molecule has 0 aliphatic heterocycles. The third kappa shape index (κ3) is 7.75. The molecule has 2 aromatic carbocycles. The first-order valence-corrected chi connectivity index (χ1v) is 11.3. The first kappa shape index (κ1) is 25.0. The normalized spacial score (nSPS) is 11.6. The monoisotopic (exact) mass is 464 g/mol. The van der Waals surface area contributed by atoms with Crippen molar-refractivity contribution in [2.45, 2.75) is 52.6 Å². The maximum Gasteiger partial charge on any atom is 0.261 e. The van der Waals surface area contributed by atoms with Crippen LogP contribution in [0.5, 0.6) is 5.75 Å². The molecule has 0 radical (unpaired) electrons. The van der Waals surface area contributed by atoms with Crippen LogP contribution in [0.3, 0.4) is 0 Å². The highest BCUT2D eigenvalue weighted by Gasteiger charge is 2.28. The minimum Gasteiger partial charge on any atom is -0.484 e. The topological polar surface area (TPSA) is 58.6 Å². The number of hydrogen-bond acceptors (Lipinski definition) is 3. The second-order valence-corrected chi connectivity index (χ2v) is 8.26. The summed E-state index contributed by atoms with van der Waals surface area (Å²) in [6, 6.07) is 11.9. The molecular weight excluding hydrogens is 435 g/mol. The fourth-order valence-corrected chi connectivity index (χ4v) is 3.39. The van der Waals surface area contributed by atoms with Gasteiger partial charge in [0.15, 0.2) is 6.61 Å². The number of unbranched alkanes of at least 4 members (excludes halogenated alkanes) is 1. The number of hydrogen-bond donors (Lipinski definition) is 1. The van der Waals surface area contributed by atoms with E-state index in [9.17, 15) is 9.59 Å². The van der Waals surface area contributed by atoms with E-state index < -0.39 is 6.04 Å². The Morgan fingerprint density at radius 1 is 1.10 bits per heavy atom. The molecule has 0 aliphatic carbocycles. The van der Waals surface area contributed by atoms with Crippen molar-refractivity contribution < 1.29 is 14.3 Å². The highest BCUT2D eigenvalue weighted by molar-refractivity contribution is 6.31. The largest absolute Gasteiger partial charge is 0.484 e. The molecule has 0 saturated carbocycles. The number of halogens is 2. The lowest BCUT2D eigenvalue weighted by Crippen LogP contribution is -2.50. The number of nitrogens with one attached hydrogen (secondary N) is 1. The fourth-order valence-electron chi connectivity index (χ4n) is 3.15. The summed E-state index contributed by atoms with van der Waals surface area (Å²) in [5.41, 5.74) is 1.76. The SMILES string of the molecule is CCCCNC(=O)[C@H](CC)N(Cc1ccc(Cl)cc1)C(=O)COc1ccc(Cl)c(C)c1. The van der Waals surface area contributed by atoms with Crippen LogP contribution >= 0.6 is 23.2 Å². The number of benzene rings is 2. The summed E-state index contributed by atoms with van der Waals surface area (Å²) in [4.78, 5) is 27.5. The Hall–Kier alpha value is -2.24. The van der Waals surface area contributed by atoms with Crippen LogP contribution in [-0.4, -0.2) is 35.9 Å². The summed E-state index contributed by atoms with van der Waals surface area (Å²) < 4.78 is 5.71. The van der Waals surface area contributed by atoms with Gasteiger partial charge in [-0.3, -0.25) is 9.59 Å². The van der Waals surface area contributed by atoms with E-state index in [1.54, 1.807) is 35.2 Å². The summed E-state index contributed by atoms with van der Waals surface area (Å²) in [6.45, 7) is 6.55. The summed E-state index contributed by atoms with van der Waals surface area (Å²) in [7, 11) is 0. The quantitative estimate of drug-likeness (QED) is 0.452. The smallest absolute Gasteiger partial charge is 0.261 e. The van der Waals surface area contributed by atoms with Gasteiger partial charge < -0.3 is 15.0 Å². The maximum absolute atomic E-state index is 13.1. The van der Waals surface area contributed by atoms with Crippen molar-refractivity contribution in [1.82, 2.24) is 10.2 Å². The van der Waals surface area contributed by atoms with Crippen LogP contribution in [0.1, 0.15) is 44.2 Å². The minimum atomic E-state index is -0.587. The fraction of sp³-hybridized carbons (Fsp3) is 0.417. The predicted octanol–water partition coefficient (Wildman–Crippen LogP) is 5.40. The summed E-state index contributed by atoms with van der Waals surface area (Å²) in [5.74, 6) is 0.141.